The molecule has 3 aromatic carbocycles. The highest BCUT2D eigenvalue weighted by molar-refractivity contribution is 6.43. The van der Waals surface area contributed by atoms with E-state index in [2.05, 4.69) is 10.3 Å². The number of carbonyl (C=O) groups is 1. The van der Waals surface area contributed by atoms with Crippen LogP contribution in [0.25, 0.3) is 22.6 Å². The van der Waals surface area contributed by atoms with Gasteiger partial charge in [0, 0.05) is 22.3 Å². The normalized spacial score (nSPS) is 10.9. The van der Waals surface area contributed by atoms with Crippen LogP contribution in [0.15, 0.2) is 59.0 Å². The summed E-state index contributed by atoms with van der Waals surface area (Å²) in [5.41, 5.74) is 2.54. The molecule has 0 saturated heterocycles. The number of oxazole rings is 1. The van der Waals surface area contributed by atoms with Gasteiger partial charge in [-0.25, -0.2) is 4.98 Å². The van der Waals surface area contributed by atoms with Crippen LogP contribution in [-0.2, 0) is 4.79 Å². The zero-order chi connectivity index (χ0) is 21.3. The van der Waals surface area contributed by atoms with Gasteiger partial charge in [0.1, 0.15) is 11.3 Å². The summed E-state index contributed by atoms with van der Waals surface area (Å²) in [6.45, 7) is -0.259. The number of anilines is 1. The summed E-state index contributed by atoms with van der Waals surface area (Å²) in [6, 6.07) is 15.2. The summed E-state index contributed by atoms with van der Waals surface area (Å²) < 4.78 is 11.2. The molecule has 1 aromatic heterocycles. The van der Waals surface area contributed by atoms with E-state index in [-0.39, 0.29) is 28.3 Å². The zero-order valence-corrected chi connectivity index (χ0v) is 18.1. The number of nitrogens with zero attached hydrogens (tertiary/aromatic N) is 1. The molecule has 4 aromatic rings. The van der Waals surface area contributed by atoms with Gasteiger partial charge in [-0.2, -0.15) is 0 Å². The van der Waals surface area contributed by atoms with Crippen LogP contribution in [0.5, 0.6) is 5.75 Å². The fourth-order valence-electron chi connectivity index (χ4n) is 2.68. The standard InChI is InChI=1S/C21H12Cl4N2O3/c22-12-3-1-11(2-4-12)21-27-17-7-13(5-6-18(17)30-21)26-20(28)10-29-19-9-15(24)14(23)8-16(19)25/h1-9H,10H2,(H,26,28). The van der Waals surface area contributed by atoms with Crippen LogP contribution in [0, 0.1) is 0 Å². The van der Waals surface area contributed by atoms with Crippen LogP contribution in [0.2, 0.25) is 20.1 Å². The molecule has 1 amide bonds. The Kier molecular flexibility index (Phi) is 6.06. The van der Waals surface area contributed by atoms with Crippen molar-refractivity contribution in [3.05, 3.63) is 74.7 Å². The minimum atomic E-state index is -0.377. The molecule has 0 radical (unpaired) electrons. The van der Waals surface area contributed by atoms with E-state index in [4.69, 9.17) is 55.6 Å². The van der Waals surface area contributed by atoms with Crippen LogP contribution in [0.1, 0.15) is 0 Å². The number of hydrogen-bond donors (Lipinski definition) is 1. The first-order valence-corrected chi connectivity index (χ1v) is 10.1. The third kappa shape index (κ3) is 4.65. The van der Waals surface area contributed by atoms with Crippen LogP contribution in [-0.4, -0.2) is 17.5 Å². The highest BCUT2D eigenvalue weighted by Crippen LogP contribution is 2.34. The molecule has 1 heterocycles. The van der Waals surface area contributed by atoms with E-state index in [0.717, 1.165) is 5.56 Å². The molecule has 0 unspecified atom stereocenters. The molecule has 1 N–H and O–H groups in total. The molecule has 152 valence electrons. The molecule has 0 aliphatic rings. The van der Waals surface area contributed by atoms with Gasteiger partial charge in [0.15, 0.2) is 12.2 Å². The average molecular weight is 482 g/mol. The van der Waals surface area contributed by atoms with Gasteiger partial charge >= 0.3 is 0 Å². The number of aromatic nitrogens is 1. The Morgan fingerprint density at radius 1 is 0.933 bits per heavy atom. The number of nitrogens with one attached hydrogen (secondary N) is 1. The Balaban J connectivity index is 1.45. The van der Waals surface area contributed by atoms with Crippen LogP contribution < -0.4 is 10.1 Å². The minimum Gasteiger partial charge on any atom is -0.482 e. The number of halogens is 4. The average Bonchev–Trinajstić information content (AvgIpc) is 3.13. The largest absolute Gasteiger partial charge is 0.482 e. The topological polar surface area (TPSA) is 64.4 Å². The fraction of sp³-hybridized carbons (Fsp3) is 0.0476. The number of carbonyl (C=O) groups excluding carboxylic acids is 1. The molecule has 0 saturated carbocycles. The molecule has 0 aliphatic heterocycles. The van der Waals surface area contributed by atoms with Crippen molar-refractivity contribution in [1.82, 2.24) is 4.98 Å². The lowest BCUT2D eigenvalue weighted by Gasteiger charge is -2.09. The maximum Gasteiger partial charge on any atom is 0.262 e. The molecular formula is C21H12Cl4N2O3. The van der Waals surface area contributed by atoms with Crippen LogP contribution in [0.4, 0.5) is 5.69 Å². The molecule has 0 bridgehead atoms. The SMILES string of the molecule is O=C(COc1cc(Cl)c(Cl)cc1Cl)Nc1ccc2oc(-c3ccc(Cl)cc3)nc2c1. The van der Waals surface area contributed by atoms with Gasteiger partial charge < -0.3 is 14.5 Å². The lowest BCUT2D eigenvalue weighted by molar-refractivity contribution is -0.118. The first-order valence-electron chi connectivity index (χ1n) is 8.63. The van der Waals surface area contributed by atoms with E-state index in [1.165, 1.54) is 12.1 Å². The third-order valence-electron chi connectivity index (χ3n) is 4.10. The van der Waals surface area contributed by atoms with Crippen LogP contribution in [0.3, 0.4) is 0 Å². The minimum absolute atomic E-state index is 0.259. The number of fused-ring (bicyclic) bond motifs is 1. The van der Waals surface area contributed by atoms with E-state index in [1.54, 1.807) is 30.3 Å². The molecule has 30 heavy (non-hydrogen) atoms. The molecule has 4 rings (SSSR count). The van der Waals surface area contributed by atoms with Crippen molar-refractivity contribution < 1.29 is 13.9 Å². The van der Waals surface area contributed by atoms with E-state index in [0.29, 0.717) is 32.7 Å². The number of benzene rings is 3. The van der Waals surface area contributed by atoms with Crippen LogP contribution >= 0.6 is 46.4 Å². The van der Waals surface area contributed by atoms with E-state index in [9.17, 15) is 4.79 Å². The molecular weight excluding hydrogens is 470 g/mol. The summed E-state index contributed by atoms with van der Waals surface area (Å²) in [4.78, 5) is 16.7. The van der Waals surface area contributed by atoms with E-state index >= 15 is 0 Å². The first kappa shape index (κ1) is 20.8. The number of hydrogen-bond acceptors (Lipinski definition) is 4. The monoisotopic (exact) mass is 480 g/mol. The fourth-order valence-corrected chi connectivity index (χ4v) is 3.39. The third-order valence-corrected chi connectivity index (χ3v) is 5.37. The van der Waals surface area contributed by atoms with E-state index < -0.39 is 0 Å². The van der Waals surface area contributed by atoms with Crippen molar-refractivity contribution in [2.45, 2.75) is 0 Å². The van der Waals surface area contributed by atoms with Gasteiger partial charge in [-0.05, 0) is 48.5 Å². The van der Waals surface area contributed by atoms with Gasteiger partial charge in [0.25, 0.3) is 5.91 Å². The van der Waals surface area contributed by atoms with Gasteiger partial charge in [-0.1, -0.05) is 46.4 Å². The Morgan fingerprint density at radius 2 is 1.67 bits per heavy atom. The highest BCUT2D eigenvalue weighted by atomic mass is 35.5. The van der Waals surface area contributed by atoms with Gasteiger partial charge in [-0.3, -0.25) is 4.79 Å². The summed E-state index contributed by atoms with van der Waals surface area (Å²) in [7, 11) is 0. The van der Waals surface area contributed by atoms with Crippen molar-refractivity contribution in [3.8, 4) is 17.2 Å². The summed E-state index contributed by atoms with van der Waals surface area (Å²) in [5.74, 6) is 0.349. The number of ether oxygens (including phenoxy) is 1. The smallest absolute Gasteiger partial charge is 0.262 e. The van der Waals surface area contributed by atoms with Crippen molar-refractivity contribution in [1.29, 1.82) is 0 Å². The quantitative estimate of drug-likeness (QED) is 0.308. The predicted molar refractivity (Wildman–Crippen MR) is 120 cm³/mol. The molecule has 5 nitrogen and oxygen atoms in total. The lowest BCUT2D eigenvalue weighted by Crippen LogP contribution is -2.20. The maximum absolute atomic E-state index is 12.2. The second kappa shape index (κ2) is 8.74. The van der Waals surface area contributed by atoms with E-state index in [1.807, 2.05) is 12.1 Å². The number of amides is 1. The van der Waals surface area contributed by atoms with Gasteiger partial charge in [0.2, 0.25) is 5.89 Å². The number of rotatable bonds is 5. The second-order valence-corrected chi connectivity index (χ2v) is 7.90. The summed E-state index contributed by atoms with van der Waals surface area (Å²) in [6.07, 6.45) is 0. The van der Waals surface area contributed by atoms with Gasteiger partial charge in [0.05, 0.1) is 15.1 Å². The summed E-state index contributed by atoms with van der Waals surface area (Å²) >= 11 is 23.8. The molecule has 0 atom stereocenters. The highest BCUT2D eigenvalue weighted by Gasteiger charge is 2.12. The molecule has 0 aliphatic carbocycles. The molecule has 9 heteroatoms. The van der Waals surface area contributed by atoms with Crippen molar-refractivity contribution in [3.63, 3.8) is 0 Å². The Bertz CT molecular complexity index is 1240. The van der Waals surface area contributed by atoms with Crippen molar-refractivity contribution >= 4 is 69.1 Å². The maximum atomic E-state index is 12.2. The lowest BCUT2D eigenvalue weighted by atomic mass is 10.2. The zero-order valence-electron chi connectivity index (χ0n) is 15.1. The van der Waals surface area contributed by atoms with Crippen molar-refractivity contribution in [2.75, 3.05) is 11.9 Å². The Morgan fingerprint density at radius 3 is 2.43 bits per heavy atom. The first-order chi connectivity index (χ1) is 14.4. The van der Waals surface area contributed by atoms with Gasteiger partial charge in [-0.15, -0.1) is 0 Å². The molecule has 0 spiro atoms. The van der Waals surface area contributed by atoms with Crippen molar-refractivity contribution in [2.24, 2.45) is 0 Å². The molecule has 0 fully saturated rings. The summed E-state index contributed by atoms with van der Waals surface area (Å²) in [5, 5.41) is 4.22. The Labute approximate surface area is 191 Å². The second-order valence-electron chi connectivity index (χ2n) is 6.24. The Hall–Kier alpha value is -2.44. The predicted octanol–water partition coefficient (Wildman–Crippen LogP) is 7.13.